The summed E-state index contributed by atoms with van der Waals surface area (Å²) in [6, 6.07) is 0. The van der Waals surface area contributed by atoms with Gasteiger partial charge in [-0.25, -0.2) is 0 Å². The molecule has 1 fully saturated rings. The highest BCUT2D eigenvalue weighted by molar-refractivity contribution is 8.27. The fourth-order valence-corrected chi connectivity index (χ4v) is 10.4. The van der Waals surface area contributed by atoms with Crippen LogP contribution in [0.5, 0.6) is 0 Å². The fourth-order valence-electron chi connectivity index (χ4n) is 2.13. The summed E-state index contributed by atoms with van der Waals surface area (Å²) in [6.45, 7) is 16.9. The van der Waals surface area contributed by atoms with Gasteiger partial charge in [-0.05, 0) is 31.3 Å². The van der Waals surface area contributed by atoms with Crippen molar-refractivity contribution in [2.45, 2.75) is 71.3 Å². The maximum atomic E-state index is 6.07. The molecule has 0 bridgehead atoms. The molecule has 16 heavy (non-hydrogen) atoms. The van der Waals surface area contributed by atoms with Crippen molar-refractivity contribution < 1.29 is 9.05 Å². The Balaban J connectivity index is 2.85. The van der Waals surface area contributed by atoms with Crippen molar-refractivity contribution in [1.29, 1.82) is 0 Å². The highest BCUT2D eigenvalue weighted by Crippen LogP contribution is 2.82. The summed E-state index contributed by atoms with van der Waals surface area (Å²) in [6.07, 6.45) is 1.41. The van der Waals surface area contributed by atoms with Crippen molar-refractivity contribution in [3.63, 3.8) is 0 Å². The van der Waals surface area contributed by atoms with E-state index in [0.29, 0.717) is 6.10 Å². The van der Waals surface area contributed by atoms with E-state index in [1.54, 1.807) is 0 Å². The Kier molecular flexibility index (Phi) is 4.81. The van der Waals surface area contributed by atoms with E-state index in [1.807, 2.05) is 0 Å². The van der Waals surface area contributed by atoms with E-state index in [9.17, 15) is 0 Å². The average molecular weight is 264 g/mol. The van der Waals surface area contributed by atoms with Crippen molar-refractivity contribution in [2.75, 3.05) is 6.61 Å². The van der Waals surface area contributed by atoms with Crippen molar-refractivity contribution in [1.82, 2.24) is 0 Å². The zero-order valence-electron chi connectivity index (χ0n) is 11.7. The second-order valence-electron chi connectivity index (χ2n) is 6.43. The third kappa shape index (κ3) is 3.91. The minimum absolute atomic E-state index is 0.267. The van der Waals surface area contributed by atoms with Gasteiger partial charge in [-0.3, -0.25) is 0 Å². The van der Waals surface area contributed by atoms with Crippen LogP contribution in [-0.4, -0.2) is 23.0 Å². The first-order chi connectivity index (χ1) is 7.12. The number of hydrogen-bond acceptors (Lipinski definition) is 2. The zero-order valence-corrected chi connectivity index (χ0v) is 13.5. The van der Waals surface area contributed by atoms with Crippen LogP contribution in [0.4, 0.5) is 0 Å². The number of hydrogen-bond donors (Lipinski definition) is 0. The molecule has 0 radical (unpaired) electrons. The minimum Gasteiger partial charge on any atom is -0.331 e. The average Bonchev–Trinajstić information content (AvgIpc) is 1.97. The molecule has 2 unspecified atom stereocenters. The van der Waals surface area contributed by atoms with Crippen LogP contribution in [0.25, 0.3) is 0 Å². The summed E-state index contributed by atoms with van der Waals surface area (Å²) in [5.41, 5.74) is 0. The molecule has 2 atom stereocenters. The number of rotatable bonds is 1. The van der Waals surface area contributed by atoms with Gasteiger partial charge in [0.1, 0.15) is 0 Å². The van der Waals surface area contributed by atoms with Crippen LogP contribution in [0.15, 0.2) is 0 Å². The molecule has 0 amide bonds. The largest absolute Gasteiger partial charge is 0.331 e. The first kappa shape index (κ1) is 14.8. The Morgan fingerprint density at radius 1 is 1.06 bits per heavy atom. The van der Waals surface area contributed by atoms with Crippen LogP contribution >= 0.6 is 15.7 Å². The van der Waals surface area contributed by atoms with E-state index in [4.69, 9.17) is 9.05 Å². The van der Waals surface area contributed by atoms with Gasteiger partial charge in [-0.1, -0.05) is 41.5 Å². The van der Waals surface area contributed by atoms with Crippen LogP contribution < -0.4 is 0 Å². The molecule has 1 heterocycles. The standard InChI is InChI=1S/C12H26O2P2/c1-10-8-9-13-16(14-10)15(11(2,3)4)12(5,6)7/h10H,8-9H2,1-7H3. The third-order valence-electron chi connectivity index (χ3n) is 2.43. The molecule has 0 aliphatic carbocycles. The zero-order chi connectivity index (χ0) is 12.6. The molecule has 1 aliphatic heterocycles. The Morgan fingerprint density at radius 2 is 1.56 bits per heavy atom. The summed E-state index contributed by atoms with van der Waals surface area (Å²) in [5.74, 6) is 0. The molecule has 1 saturated heterocycles. The van der Waals surface area contributed by atoms with Crippen molar-refractivity contribution >= 4 is 15.7 Å². The van der Waals surface area contributed by atoms with Crippen LogP contribution in [0.3, 0.4) is 0 Å². The predicted octanol–water partition coefficient (Wildman–Crippen LogP) is 5.12. The molecule has 0 N–H and O–H groups in total. The van der Waals surface area contributed by atoms with E-state index in [-0.39, 0.29) is 17.9 Å². The summed E-state index contributed by atoms with van der Waals surface area (Å²) in [5, 5.41) is 0.576. The second kappa shape index (κ2) is 5.19. The molecule has 1 rings (SSSR count). The lowest BCUT2D eigenvalue weighted by molar-refractivity contribution is 0.128. The monoisotopic (exact) mass is 264 g/mol. The molecule has 0 aromatic carbocycles. The highest BCUT2D eigenvalue weighted by atomic mass is 32.1. The molecule has 96 valence electrons. The van der Waals surface area contributed by atoms with Crippen LogP contribution in [-0.2, 0) is 9.05 Å². The first-order valence-electron chi connectivity index (χ1n) is 6.02. The lowest BCUT2D eigenvalue weighted by Gasteiger charge is -2.46. The molecular weight excluding hydrogens is 238 g/mol. The van der Waals surface area contributed by atoms with Crippen molar-refractivity contribution in [3.05, 3.63) is 0 Å². The van der Waals surface area contributed by atoms with Crippen LogP contribution in [0.1, 0.15) is 54.9 Å². The van der Waals surface area contributed by atoms with Gasteiger partial charge in [0, 0.05) is 0 Å². The third-order valence-corrected chi connectivity index (χ3v) is 11.5. The second-order valence-corrected chi connectivity index (χ2v) is 12.9. The molecule has 0 aromatic rings. The highest BCUT2D eigenvalue weighted by Gasteiger charge is 2.44. The van der Waals surface area contributed by atoms with Gasteiger partial charge in [0.15, 0.2) is 8.06 Å². The first-order valence-corrected chi connectivity index (χ1v) is 9.25. The molecule has 0 saturated carbocycles. The molecule has 0 aromatic heterocycles. The van der Waals surface area contributed by atoms with Crippen molar-refractivity contribution in [3.8, 4) is 0 Å². The van der Waals surface area contributed by atoms with E-state index < -0.39 is 8.06 Å². The summed E-state index contributed by atoms with van der Waals surface area (Å²) in [7, 11) is -0.953. The van der Waals surface area contributed by atoms with Gasteiger partial charge >= 0.3 is 0 Å². The summed E-state index contributed by atoms with van der Waals surface area (Å²) < 4.78 is 12.0. The fraction of sp³-hybridized carbons (Fsp3) is 1.00. The van der Waals surface area contributed by atoms with E-state index in [2.05, 4.69) is 48.5 Å². The van der Waals surface area contributed by atoms with Gasteiger partial charge in [-0.15, -0.1) is 0 Å². The van der Waals surface area contributed by atoms with Gasteiger partial charge < -0.3 is 9.05 Å². The van der Waals surface area contributed by atoms with Gasteiger partial charge in [-0.2, -0.15) is 0 Å². The molecule has 2 nitrogen and oxygen atoms in total. The topological polar surface area (TPSA) is 18.5 Å². The van der Waals surface area contributed by atoms with Crippen LogP contribution in [0.2, 0.25) is 0 Å². The molecule has 4 heteroatoms. The molecule has 1 aliphatic rings. The summed E-state index contributed by atoms with van der Waals surface area (Å²) >= 11 is 0. The van der Waals surface area contributed by atoms with Gasteiger partial charge in [0.2, 0.25) is 0 Å². The van der Waals surface area contributed by atoms with E-state index in [1.165, 1.54) is 0 Å². The smallest absolute Gasteiger partial charge is 0.196 e. The van der Waals surface area contributed by atoms with Crippen molar-refractivity contribution in [2.24, 2.45) is 0 Å². The van der Waals surface area contributed by atoms with Gasteiger partial charge in [0.25, 0.3) is 0 Å². The Morgan fingerprint density at radius 3 is 1.94 bits per heavy atom. The SMILES string of the molecule is CC1CCOP(P(C(C)(C)C)C(C)(C)C)O1. The lowest BCUT2D eigenvalue weighted by atomic mass is 10.2. The van der Waals surface area contributed by atoms with E-state index in [0.717, 1.165) is 13.0 Å². The minimum atomic E-state index is -0.686. The summed E-state index contributed by atoms with van der Waals surface area (Å²) in [4.78, 5) is 0. The Hall–Kier alpha value is 0.780. The maximum Gasteiger partial charge on any atom is 0.196 e. The van der Waals surface area contributed by atoms with Crippen LogP contribution in [0, 0.1) is 0 Å². The van der Waals surface area contributed by atoms with Gasteiger partial charge in [0.05, 0.1) is 12.7 Å². The normalized spacial score (nSPS) is 28.5. The Bertz CT molecular complexity index is 216. The molecular formula is C12H26O2P2. The van der Waals surface area contributed by atoms with E-state index >= 15 is 0 Å². The quantitative estimate of drug-likeness (QED) is 0.612. The Labute approximate surface area is 103 Å². The predicted molar refractivity (Wildman–Crippen MR) is 74.5 cm³/mol. The lowest BCUT2D eigenvalue weighted by Crippen LogP contribution is -2.27. The maximum absolute atomic E-state index is 6.07. The molecule has 0 spiro atoms.